The zero-order valence-electron chi connectivity index (χ0n) is 17.0. The lowest BCUT2D eigenvalue weighted by molar-refractivity contribution is -0.177. The van der Waals surface area contributed by atoms with Crippen molar-refractivity contribution in [2.45, 2.75) is 38.8 Å². The summed E-state index contributed by atoms with van der Waals surface area (Å²) in [5, 5.41) is 4.82. The zero-order valence-corrected chi connectivity index (χ0v) is 18.6. The van der Waals surface area contributed by atoms with Crippen LogP contribution in [0.2, 0.25) is 0 Å². The molecular formula is C22H30Cl2N4O2. The van der Waals surface area contributed by atoms with Gasteiger partial charge in [0, 0.05) is 6.54 Å². The molecule has 2 aromatic carbocycles. The van der Waals surface area contributed by atoms with Crippen LogP contribution >= 0.6 is 24.8 Å². The van der Waals surface area contributed by atoms with Crippen molar-refractivity contribution < 1.29 is 9.63 Å². The lowest BCUT2D eigenvalue weighted by Gasteiger charge is -2.16. The number of imidazole rings is 1. The van der Waals surface area contributed by atoms with E-state index in [1.54, 1.807) is 0 Å². The predicted molar refractivity (Wildman–Crippen MR) is 125 cm³/mol. The summed E-state index contributed by atoms with van der Waals surface area (Å²) in [7, 11) is 0. The summed E-state index contributed by atoms with van der Waals surface area (Å²) in [5.74, 6) is 0.971. The molecule has 6 nitrogen and oxygen atoms in total. The molecular weight excluding hydrogens is 423 g/mol. The number of carbonyl (C=O) groups is 1. The number of aromatic amines is 1. The van der Waals surface area contributed by atoms with Gasteiger partial charge in [0.05, 0.1) is 17.6 Å². The van der Waals surface area contributed by atoms with Crippen LogP contribution in [-0.4, -0.2) is 34.5 Å². The van der Waals surface area contributed by atoms with Gasteiger partial charge in [0.15, 0.2) is 0 Å². The van der Waals surface area contributed by atoms with Crippen LogP contribution in [0.15, 0.2) is 54.6 Å². The summed E-state index contributed by atoms with van der Waals surface area (Å²) in [6, 6.07) is 17.9. The molecule has 0 atom stereocenters. The summed E-state index contributed by atoms with van der Waals surface area (Å²) in [6.45, 7) is 2.76. The van der Waals surface area contributed by atoms with Gasteiger partial charge in [0.25, 0.3) is 0 Å². The first-order valence-electron chi connectivity index (χ1n) is 9.88. The van der Waals surface area contributed by atoms with Crippen molar-refractivity contribution >= 4 is 42.3 Å². The molecule has 8 heteroatoms. The predicted octanol–water partition coefficient (Wildman–Crippen LogP) is 4.65. The first-order valence-corrected chi connectivity index (χ1v) is 9.88. The molecule has 0 radical (unpaired) electrons. The van der Waals surface area contributed by atoms with Crippen LogP contribution in [0.5, 0.6) is 0 Å². The van der Waals surface area contributed by atoms with E-state index in [4.69, 9.17) is 4.84 Å². The Bertz CT molecular complexity index is 812. The molecule has 1 heterocycles. The van der Waals surface area contributed by atoms with Crippen LogP contribution in [0, 0.1) is 0 Å². The first-order chi connectivity index (χ1) is 13.8. The van der Waals surface area contributed by atoms with Crippen molar-refractivity contribution in [1.82, 2.24) is 20.3 Å². The van der Waals surface area contributed by atoms with Gasteiger partial charge in [0.2, 0.25) is 6.41 Å². The van der Waals surface area contributed by atoms with Crippen LogP contribution in [-0.2, 0) is 22.8 Å². The number of halogens is 2. The Balaban J connectivity index is 0.00000225. The number of rotatable bonds is 13. The third kappa shape index (κ3) is 8.71. The fraction of sp³-hybridized carbons (Fsp3) is 0.364. The van der Waals surface area contributed by atoms with Crippen molar-refractivity contribution in [3.8, 4) is 0 Å². The molecule has 164 valence electrons. The SMILES string of the molecule is Cl.Cl.O=CN(CCCCCCNCc1nc2ccccc2[nH]1)OCc1ccccc1. The normalized spacial score (nSPS) is 10.3. The average molecular weight is 453 g/mol. The molecule has 3 rings (SSSR count). The molecule has 1 amide bonds. The van der Waals surface area contributed by atoms with Crippen LogP contribution in [0.3, 0.4) is 0 Å². The number of hydroxylamine groups is 2. The second-order valence-electron chi connectivity index (χ2n) is 6.80. The smallest absolute Gasteiger partial charge is 0.233 e. The second kappa shape index (κ2) is 14.8. The van der Waals surface area contributed by atoms with Crippen LogP contribution in [0.4, 0.5) is 0 Å². The number of nitrogens with zero attached hydrogens (tertiary/aromatic N) is 2. The van der Waals surface area contributed by atoms with E-state index in [0.29, 0.717) is 13.2 Å². The average Bonchev–Trinajstić information content (AvgIpc) is 3.15. The van der Waals surface area contributed by atoms with E-state index in [2.05, 4.69) is 15.3 Å². The third-order valence-electron chi connectivity index (χ3n) is 4.57. The number of hydrogen-bond acceptors (Lipinski definition) is 4. The van der Waals surface area contributed by atoms with E-state index in [1.165, 1.54) is 5.06 Å². The molecule has 0 aliphatic rings. The van der Waals surface area contributed by atoms with Crippen molar-refractivity contribution in [1.29, 1.82) is 0 Å². The summed E-state index contributed by atoms with van der Waals surface area (Å²) < 4.78 is 0. The largest absolute Gasteiger partial charge is 0.341 e. The highest BCUT2D eigenvalue weighted by Gasteiger charge is 2.03. The van der Waals surface area contributed by atoms with Gasteiger partial charge in [-0.15, -0.1) is 24.8 Å². The van der Waals surface area contributed by atoms with Crippen LogP contribution < -0.4 is 5.32 Å². The van der Waals surface area contributed by atoms with Gasteiger partial charge >= 0.3 is 0 Å². The number of hydrogen-bond donors (Lipinski definition) is 2. The third-order valence-corrected chi connectivity index (χ3v) is 4.57. The quantitative estimate of drug-likeness (QED) is 0.225. The highest BCUT2D eigenvalue weighted by Crippen LogP contribution is 2.10. The van der Waals surface area contributed by atoms with Gasteiger partial charge in [-0.25, -0.2) is 10.0 Å². The topological polar surface area (TPSA) is 70.2 Å². The molecule has 1 aromatic heterocycles. The summed E-state index contributed by atoms with van der Waals surface area (Å²) in [6.07, 6.45) is 5.00. The lowest BCUT2D eigenvalue weighted by Crippen LogP contribution is -2.23. The van der Waals surface area contributed by atoms with Crippen molar-refractivity contribution in [2.75, 3.05) is 13.1 Å². The Morgan fingerprint density at radius 1 is 0.967 bits per heavy atom. The Kier molecular flexibility index (Phi) is 12.8. The van der Waals surface area contributed by atoms with Crippen molar-refractivity contribution in [2.24, 2.45) is 0 Å². The number of para-hydroxylation sites is 2. The van der Waals surface area contributed by atoms with Crippen molar-refractivity contribution in [3.05, 3.63) is 66.0 Å². The molecule has 0 saturated carbocycles. The van der Waals surface area contributed by atoms with Gasteiger partial charge in [-0.2, -0.15) is 0 Å². The maximum absolute atomic E-state index is 11.1. The first kappa shape index (κ1) is 25.9. The van der Waals surface area contributed by atoms with E-state index in [9.17, 15) is 4.79 Å². The second-order valence-corrected chi connectivity index (χ2v) is 6.80. The summed E-state index contributed by atoms with van der Waals surface area (Å²) >= 11 is 0. The Labute approximate surface area is 190 Å². The van der Waals surface area contributed by atoms with E-state index >= 15 is 0 Å². The number of carbonyl (C=O) groups excluding carboxylic acids is 1. The van der Waals surface area contributed by atoms with E-state index < -0.39 is 0 Å². The minimum absolute atomic E-state index is 0. The monoisotopic (exact) mass is 452 g/mol. The molecule has 0 saturated heterocycles. The maximum Gasteiger partial charge on any atom is 0.233 e. The maximum atomic E-state index is 11.1. The molecule has 0 fully saturated rings. The minimum Gasteiger partial charge on any atom is -0.341 e. The van der Waals surface area contributed by atoms with Crippen LogP contribution in [0.1, 0.15) is 37.1 Å². The molecule has 0 aliphatic heterocycles. The number of benzene rings is 2. The highest BCUT2D eigenvalue weighted by molar-refractivity contribution is 5.85. The van der Waals surface area contributed by atoms with Gasteiger partial charge in [0.1, 0.15) is 12.4 Å². The van der Waals surface area contributed by atoms with E-state index in [1.807, 2.05) is 54.6 Å². The minimum atomic E-state index is 0. The number of aromatic nitrogens is 2. The van der Waals surface area contributed by atoms with Crippen molar-refractivity contribution in [3.63, 3.8) is 0 Å². The molecule has 30 heavy (non-hydrogen) atoms. The molecule has 2 N–H and O–H groups in total. The summed E-state index contributed by atoms with van der Waals surface area (Å²) in [5.41, 5.74) is 3.15. The molecule has 0 aliphatic carbocycles. The van der Waals surface area contributed by atoms with Gasteiger partial charge in [-0.05, 0) is 37.1 Å². The van der Waals surface area contributed by atoms with E-state index in [-0.39, 0.29) is 24.8 Å². The Hall–Kier alpha value is -2.12. The fourth-order valence-corrected chi connectivity index (χ4v) is 3.05. The van der Waals surface area contributed by atoms with Crippen LogP contribution in [0.25, 0.3) is 11.0 Å². The Morgan fingerprint density at radius 3 is 2.47 bits per heavy atom. The van der Waals surface area contributed by atoms with E-state index in [0.717, 1.165) is 67.6 Å². The number of nitrogens with one attached hydrogen (secondary N) is 2. The standard InChI is InChI=1S/C22H28N4O2.2ClH/c27-18-26(28-17-19-10-4-3-5-11-19)15-9-2-1-8-14-23-16-22-24-20-12-6-7-13-21(20)25-22;;/h3-7,10-13,18,23H,1-2,8-9,14-17H2,(H,24,25);2*1H. The molecule has 3 aromatic rings. The van der Waals surface area contributed by atoms with Gasteiger partial charge in [-0.3, -0.25) is 9.63 Å². The number of unbranched alkanes of at least 4 members (excludes halogenated alkanes) is 3. The Morgan fingerprint density at radius 2 is 1.70 bits per heavy atom. The highest BCUT2D eigenvalue weighted by atomic mass is 35.5. The van der Waals surface area contributed by atoms with Gasteiger partial charge < -0.3 is 10.3 Å². The molecule has 0 spiro atoms. The number of fused-ring (bicyclic) bond motifs is 1. The fourth-order valence-electron chi connectivity index (χ4n) is 3.05. The number of H-pyrrole nitrogens is 1. The zero-order chi connectivity index (χ0) is 19.4. The lowest BCUT2D eigenvalue weighted by atomic mass is 10.2. The summed E-state index contributed by atoms with van der Waals surface area (Å²) in [4.78, 5) is 24.5. The molecule has 0 bridgehead atoms. The number of amides is 1. The van der Waals surface area contributed by atoms with Gasteiger partial charge in [-0.1, -0.05) is 55.3 Å². The molecule has 0 unspecified atom stereocenters.